The van der Waals surface area contributed by atoms with Gasteiger partial charge in [-0.1, -0.05) is 44.5 Å². The van der Waals surface area contributed by atoms with Crippen molar-refractivity contribution < 1.29 is 10.2 Å². The molecule has 0 bridgehead atoms. The molecule has 0 spiro atoms. The molecule has 0 aliphatic heterocycles. The molecule has 2 unspecified atom stereocenters. The van der Waals surface area contributed by atoms with E-state index in [-0.39, 0.29) is 0 Å². The summed E-state index contributed by atoms with van der Waals surface area (Å²) < 4.78 is 0. The molecular formula is C13H20O2. The van der Waals surface area contributed by atoms with E-state index in [1.807, 2.05) is 25.1 Å². The van der Waals surface area contributed by atoms with Crippen molar-refractivity contribution in [3.8, 4) is 0 Å². The summed E-state index contributed by atoms with van der Waals surface area (Å²) >= 11 is 0. The van der Waals surface area contributed by atoms with E-state index in [4.69, 9.17) is 0 Å². The molecule has 0 fully saturated rings. The summed E-state index contributed by atoms with van der Waals surface area (Å²) in [4.78, 5) is 0. The summed E-state index contributed by atoms with van der Waals surface area (Å²) in [5.41, 5.74) is 2.03. The lowest BCUT2D eigenvalue weighted by atomic mass is 9.99. The standard InChI is InChI=1S/C13H20O2/c1-3-6-10-7-5-8-11(9-10)13(15)12(14)4-2/h5,7-9,12-15H,3-4,6H2,1-2H3. The molecule has 1 aromatic rings. The van der Waals surface area contributed by atoms with Crippen LogP contribution in [0.1, 0.15) is 43.9 Å². The zero-order valence-corrected chi connectivity index (χ0v) is 9.48. The highest BCUT2D eigenvalue weighted by Gasteiger charge is 2.16. The fourth-order valence-corrected chi connectivity index (χ4v) is 1.67. The Labute approximate surface area is 91.6 Å². The molecule has 0 heterocycles. The van der Waals surface area contributed by atoms with Gasteiger partial charge in [-0.3, -0.25) is 0 Å². The second kappa shape index (κ2) is 5.89. The number of hydrogen-bond donors (Lipinski definition) is 2. The Morgan fingerprint density at radius 3 is 2.53 bits per heavy atom. The maximum Gasteiger partial charge on any atom is 0.105 e. The smallest absolute Gasteiger partial charge is 0.105 e. The second-order valence-electron chi connectivity index (χ2n) is 3.92. The van der Waals surface area contributed by atoms with Crippen LogP contribution in [0.2, 0.25) is 0 Å². The number of aliphatic hydroxyl groups is 2. The maximum absolute atomic E-state index is 9.83. The van der Waals surface area contributed by atoms with Gasteiger partial charge in [0.05, 0.1) is 6.10 Å². The van der Waals surface area contributed by atoms with Crippen molar-refractivity contribution in [3.63, 3.8) is 0 Å². The Kier molecular flexibility index (Phi) is 4.79. The first-order chi connectivity index (χ1) is 7.19. The average molecular weight is 208 g/mol. The first-order valence-electron chi connectivity index (χ1n) is 5.64. The Bertz CT molecular complexity index is 296. The van der Waals surface area contributed by atoms with Gasteiger partial charge >= 0.3 is 0 Å². The van der Waals surface area contributed by atoms with Gasteiger partial charge in [0.25, 0.3) is 0 Å². The van der Waals surface area contributed by atoms with E-state index in [0.29, 0.717) is 6.42 Å². The van der Waals surface area contributed by atoms with E-state index < -0.39 is 12.2 Å². The van der Waals surface area contributed by atoms with Crippen LogP contribution in [0.15, 0.2) is 24.3 Å². The molecule has 2 heteroatoms. The lowest BCUT2D eigenvalue weighted by Crippen LogP contribution is -2.16. The van der Waals surface area contributed by atoms with Crippen LogP contribution in [0.3, 0.4) is 0 Å². The molecule has 1 aromatic carbocycles. The zero-order chi connectivity index (χ0) is 11.3. The van der Waals surface area contributed by atoms with Crippen LogP contribution in [0.5, 0.6) is 0 Å². The van der Waals surface area contributed by atoms with Crippen LogP contribution in [0.4, 0.5) is 0 Å². The maximum atomic E-state index is 9.83. The van der Waals surface area contributed by atoms with Gasteiger partial charge in [0.2, 0.25) is 0 Å². The minimum Gasteiger partial charge on any atom is -0.390 e. The number of benzene rings is 1. The van der Waals surface area contributed by atoms with Crippen LogP contribution in [-0.4, -0.2) is 16.3 Å². The lowest BCUT2D eigenvalue weighted by Gasteiger charge is -2.17. The Balaban J connectivity index is 2.80. The van der Waals surface area contributed by atoms with Crippen LogP contribution in [0.25, 0.3) is 0 Å². The van der Waals surface area contributed by atoms with Crippen molar-refractivity contribution in [2.45, 2.75) is 45.3 Å². The zero-order valence-electron chi connectivity index (χ0n) is 9.48. The van der Waals surface area contributed by atoms with Gasteiger partial charge < -0.3 is 10.2 Å². The van der Waals surface area contributed by atoms with E-state index in [1.54, 1.807) is 0 Å². The molecular weight excluding hydrogens is 188 g/mol. The van der Waals surface area contributed by atoms with Crippen LogP contribution in [-0.2, 0) is 6.42 Å². The van der Waals surface area contributed by atoms with E-state index in [0.717, 1.165) is 18.4 Å². The fourth-order valence-electron chi connectivity index (χ4n) is 1.67. The van der Waals surface area contributed by atoms with Gasteiger partial charge in [-0.05, 0) is 24.0 Å². The fraction of sp³-hybridized carbons (Fsp3) is 0.538. The number of aryl methyl sites for hydroxylation is 1. The summed E-state index contributed by atoms with van der Waals surface area (Å²) in [5.74, 6) is 0. The second-order valence-corrected chi connectivity index (χ2v) is 3.92. The average Bonchev–Trinajstić information content (AvgIpc) is 2.28. The monoisotopic (exact) mass is 208 g/mol. The summed E-state index contributed by atoms with van der Waals surface area (Å²) in [7, 11) is 0. The summed E-state index contributed by atoms with van der Waals surface area (Å²) in [6.07, 6.45) is 1.26. The van der Waals surface area contributed by atoms with Gasteiger partial charge in [-0.15, -0.1) is 0 Å². The minimum atomic E-state index is -0.758. The van der Waals surface area contributed by atoms with Crippen molar-refractivity contribution in [1.29, 1.82) is 0 Å². The molecule has 2 nitrogen and oxygen atoms in total. The molecule has 1 rings (SSSR count). The predicted molar refractivity (Wildman–Crippen MR) is 61.7 cm³/mol. The topological polar surface area (TPSA) is 40.5 Å². The van der Waals surface area contributed by atoms with Crippen LogP contribution < -0.4 is 0 Å². The van der Waals surface area contributed by atoms with Crippen LogP contribution >= 0.6 is 0 Å². The van der Waals surface area contributed by atoms with Crippen molar-refractivity contribution in [3.05, 3.63) is 35.4 Å². The van der Waals surface area contributed by atoms with Crippen molar-refractivity contribution in [2.75, 3.05) is 0 Å². The molecule has 2 atom stereocenters. The third-order valence-electron chi connectivity index (χ3n) is 2.61. The largest absolute Gasteiger partial charge is 0.390 e. The highest BCUT2D eigenvalue weighted by atomic mass is 16.3. The Hall–Kier alpha value is -0.860. The first-order valence-corrected chi connectivity index (χ1v) is 5.64. The molecule has 84 valence electrons. The molecule has 15 heavy (non-hydrogen) atoms. The van der Waals surface area contributed by atoms with E-state index in [2.05, 4.69) is 13.0 Å². The third-order valence-corrected chi connectivity index (χ3v) is 2.61. The molecule has 0 saturated carbocycles. The number of aliphatic hydroxyl groups excluding tert-OH is 2. The quantitative estimate of drug-likeness (QED) is 0.780. The van der Waals surface area contributed by atoms with Gasteiger partial charge in [0.1, 0.15) is 6.10 Å². The van der Waals surface area contributed by atoms with Crippen molar-refractivity contribution in [1.82, 2.24) is 0 Å². The summed E-state index contributed by atoms with van der Waals surface area (Å²) in [6, 6.07) is 7.83. The molecule has 0 aliphatic rings. The van der Waals surface area contributed by atoms with Gasteiger partial charge in [0, 0.05) is 0 Å². The van der Waals surface area contributed by atoms with Crippen LogP contribution in [0, 0.1) is 0 Å². The molecule has 0 aliphatic carbocycles. The molecule has 0 radical (unpaired) electrons. The van der Waals surface area contributed by atoms with Gasteiger partial charge in [-0.25, -0.2) is 0 Å². The number of rotatable bonds is 5. The normalized spacial score (nSPS) is 14.9. The lowest BCUT2D eigenvalue weighted by molar-refractivity contribution is 0.0164. The van der Waals surface area contributed by atoms with E-state index >= 15 is 0 Å². The van der Waals surface area contributed by atoms with Crippen molar-refractivity contribution in [2.24, 2.45) is 0 Å². The van der Waals surface area contributed by atoms with E-state index in [1.165, 1.54) is 5.56 Å². The minimum absolute atomic E-state index is 0.569. The highest BCUT2D eigenvalue weighted by Crippen LogP contribution is 2.20. The third kappa shape index (κ3) is 3.33. The molecule has 0 amide bonds. The Morgan fingerprint density at radius 1 is 1.20 bits per heavy atom. The molecule has 0 aromatic heterocycles. The predicted octanol–water partition coefficient (Wildman–Crippen LogP) is 2.44. The molecule has 2 N–H and O–H groups in total. The van der Waals surface area contributed by atoms with Gasteiger partial charge in [-0.2, -0.15) is 0 Å². The SMILES string of the molecule is CCCc1cccc(C(O)C(O)CC)c1. The highest BCUT2D eigenvalue weighted by molar-refractivity contribution is 5.25. The number of hydrogen-bond acceptors (Lipinski definition) is 2. The first kappa shape index (κ1) is 12.2. The van der Waals surface area contributed by atoms with Crippen molar-refractivity contribution >= 4 is 0 Å². The van der Waals surface area contributed by atoms with E-state index in [9.17, 15) is 10.2 Å². The Morgan fingerprint density at radius 2 is 1.93 bits per heavy atom. The van der Waals surface area contributed by atoms with Gasteiger partial charge in [0.15, 0.2) is 0 Å². The summed E-state index contributed by atoms with van der Waals surface area (Å²) in [6.45, 7) is 3.99. The summed E-state index contributed by atoms with van der Waals surface area (Å²) in [5, 5.41) is 19.4. The molecule has 0 saturated heterocycles.